The van der Waals surface area contributed by atoms with Crippen LogP contribution in [0.15, 0.2) is 55.0 Å². The molecule has 0 spiro atoms. The number of carbonyl (C=O) groups excluding carboxylic acids is 1. The molecule has 0 unspecified atom stereocenters. The van der Waals surface area contributed by atoms with Crippen LogP contribution < -0.4 is 5.32 Å². The number of hydrogen-bond acceptors (Lipinski definition) is 6. The van der Waals surface area contributed by atoms with E-state index in [0.29, 0.717) is 49.1 Å². The molecule has 5 rings (SSSR count). The molecule has 166 valence electrons. The van der Waals surface area contributed by atoms with Gasteiger partial charge in [-0.1, -0.05) is 6.07 Å². The molecular formula is C24H21FN6O2. The highest BCUT2D eigenvalue weighted by molar-refractivity contribution is 5.91. The van der Waals surface area contributed by atoms with Crippen molar-refractivity contribution < 1.29 is 13.9 Å². The molecule has 2 amide bonds. The lowest BCUT2D eigenvalue weighted by Crippen LogP contribution is -2.43. The second kappa shape index (κ2) is 8.87. The van der Waals surface area contributed by atoms with Crippen molar-refractivity contribution in [3.05, 3.63) is 66.5 Å². The van der Waals surface area contributed by atoms with Crippen molar-refractivity contribution in [1.29, 1.82) is 0 Å². The lowest BCUT2D eigenvalue weighted by Gasteiger charge is -2.26. The monoisotopic (exact) mass is 444 g/mol. The standard InChI is InChI=1S/C24H21FN6O2/c1-15-19-12-17(4-7-20(19)28-14-27-15)22-23(16-2-5-18(25)6-3-16)29-21(13-26-22)30-24(32)31-8-10-33-11-9-31/h2-7,12-14H,8-11H2,1H3,(H,29,30,32). The van der Waals surface area contributed by atoms with Crippen molar-refractivity contribution in [3.8, 4) is 22.5 Å². The summed E-state index contributed by atoms with van der Waals surface area (Å²) in [6.45, 7) is 3.96. The number of nitrogens with one attached hydrogen (secondary N) is 1. The molecule has 9 heteroatoms. The summed E-state index contributed by atoms with van der Waals surface area (Å²) in [5, 5.41) is 3.72. The first-order valence-electron chi connectivity index (χ1n) is 10.6. The van der Waals surface area contributed by atoms with E-state index in [1.807, 2.05) is 25.1 Å². The molecule has 0 radical (unpaired) electrons. The maximum atomic E-state index is 13.6. The first-order valence-corrected chi connectivity index (χ1v) is 10.6. The van der Waals surface area contributed by atoms with Gasteiger partial charge in [-0.3, -0.25) is 10.3 Å². The zero-order valence-corrected chi connectivity index (χ0v) is 18.0. The summed E-state index contributed by atoms with van der Waals surface area (Å²) in [6.07, 6.45) is 3.06. The predicted octanol–water partition coefficient (Wildman–Crippen LogP) is 4.07. The van der Waals surface area contributed by atoms with Crippen molar-refractivity contribution >= 4 is 22.8 Å². The summed E-state index contributed by atoms with van der Waals surface area (Å²) in [5.74, 6) is -0.0293. The number of carbonyl (C=O) groups is 1. The van der Waals surface area contributed by atoms with Crippen molar-refractivity contribution in [2.45, 2.75) is 6.92 Å². The third-order valence-electron chi connectivity index (χ3n) is 5.53. The van der Waals surface area contributed by atoms with Gasteiger partial charge in [0.05, 0.1) is 36.3 Å². The Bertz CT molecular complexity index is 1320. The molecule has 1 N–H and O–H groups in total. The van der Waals surface area contributed by atoms with Gasteiger partial charge in [-0.05, 0) is 43.3 Å². The predicted molar refractivity (Wildman–Crippen MR) is 122 cm³/mol. The van der Waals surface area contributed by atoms with Crippen LogP contribution in [0, 0.1) is 12.7 Å². The van der Waals surface area contributed by atoms with Crippen LogP contribution >= 0.6 is 0 Å². The van der Waals surface area contributed by atoms with Gasteiger partial charge in [-0.25, -0.2) is 24.1 Å². The van der Waals surface area contributed by atoms with Crippen LogP contribution in [0.3, 0.4) is 0 Å². The number of nitrogens with zero attached hydrogens (tertiary/aromatic N) is 5. The third-order valence-corrected chi connectivity index (χ3v) is 5.53. The molecule has 1 aliphatic rings. The molecule has 1 aliphatic heterocycles. The number of aromatic nitrogens is 4. The summed E-state index contributed by atoms with van der Waals surface area (Å²) in [4.78, 5) is 32.2. The second-order valence-electron chi connectivity index (χ2n) is 7.68. The molecule has 2 aromatic carbocycles. The number of rotatable bonds is 3. The Kier molecular flexibility index (Phi) is 5.62. The molecule has 1 saturated heterocycles. The number of hydrogen-bond donors (Lipinski definition) is 1. The van der Waals surface area contributed by atoms with Gasteiger partial charge < -0.3 is 9.64 Å². The zero-order chi connectivity index (χ0) is 22.8. The smallest absolute Gasteiger partial charge is 0.323 e. The number of anilines is 1. The fraction of sp³-hybridized carbons (Fsp3) is 0.208. The molecule has 0 atom stereocenters. The van der Waals surface area contributed by atoms with E-state index in [4.69, 9.17) is 4.74 Å². The SMILES string of the molecule is Cc1ncnc2ccc(-c3ncc(NC(=O)N4CCOCC4)nc3-c3ccc(F)cc3)cc12. The fourth-order valence-corrected chi connectivity index (χ4v) is 3.76. The van der Waals surface area contributed by atoms with E-state index in [-0.39, 0.29) is 11.8 Å². The highest BCUT2D eigenvalue weighted by atomic mass is 19.1. The summed E-state index contributed by atoms with van der Waals surface area (Å²) in [6, 6.07) is 11.6. The maximum Gasteiger partial charge on any atom is 0.323 e. The van der Waals surface area contributed by atoms with E-state index >= 15 is 0 Å². The molecule has 1 fully saturated rings. The Morgan fingerprint density at radius 1 is 1.00 bits per heavy atom. The molecule has 8 nitrogen and oxygen atoms in total. The maximum absolute atomic E-state index is 13.6. The summed E-state index contributed by atoms with van der Waals surface area (Å²) in [7, 11) is 0. The highest BCUT2D eigenvalue weighted by Gasteiger charge is 2.19. The number of benzene rings is 2. The number of halogens is 1. The van der Waals surface area contributed by atoms with E-state index in [0.717, 1.165) is 22.2 Å². The first-order chi connectivity index (χ1) is 16.1. The van der Waals surface area contributed by atoms with Crippen molar-refractivity contribution in [1.82, 2.24) is 24.8 Å². The summed E-state index contributed by atoms with van der Waals surface area (Å²) >= 11 is 0. The Labute approximate surface area is 189 Å². The minimum Gasteiger partial charge on any atom is -0.378 e. The van der Waals surface area contributed by atoms with Crippen molar-refractivity contribution in [3.63, 3.8) is 0 Å². The first kappa shape index (κ1) is 20.9. The van der Waals surface area contributed by atoms with Gasteiger partial charge >= 0.3 is 6.03 Å². The minimum atomic E-state index is -0.344. The van der Waals surface area contributed by atoms with Gasteiger partial charge in [0, 0.05) is 35.3 Å². The van der Waals surface area contributed by atoms with Crippen molar-refractivity contribution in [2.75, 3.05) is 31.6 Å². The van der Waals surface area contributed by atoms with E-state index in [9.17, 15) is 9.18 Å². The minimum absolute atomic E-state index is 0.260. The third kappa shape index (κ3) is 4.35. The Hall–Kier alpha value is -3.98. The fourth-order valence-electron chi connectivity index (χ4n) is 3.76. The average Bonchev–Trinajstić information content (AvgIpc) is 2.85. The topological polar surface area (TPSA) is 93.1 Å². The van der Waals surface area contributed by atoms with Gasteiger partial charge in [0.25, 0.3) is 0 Å². The molecule has 2 aromatic heterocycles. The Balaban J connectivity index is 1.56. The largest absolute Gasteiger partial charge is 0.378 e. The number of morpholine rings is 1. The van der Waals surface area contributed by atoms with Crippen LogP contribution in [0.2, 0.25) is 0 Å². The Morgan fingerprint density at radius 3 is 2.55 bits per heavy atom. The van der Waals surface area contributed by atoms with Gasteiger partial charge in [-0.15, -0.1) is 0 Å². The van der Waals surface area contributed by atoms with E-state index in [2.05, 4.69) is 25.3 Å². The molecule has 3 heterocycles. The van der Waals surface area contributed by atoms with Gasteiger partial charge in [0.1, 0.15) is 12.1 Å². The van der Waals surface area contributed by atoms with Crippen molar-refractivity contribution in [2.24, 2.45) is 0 Å². The molecule has 4 aromatic rings. The van der Waals surface area contributed by atoms with E-state index < -0.39 is 0 Å². The average molecular weight is 444 g/mol. The Morgan fingerprint density at radius 2 is 1.76 bits per heavy atom. The van der Waals surface area contributed by atoms with Gasteiger partial charge in [0.15, 0.2) is 5.82 Å². The summed E-state index contributed by atoms with van der Waals surface area (Å²) < 4.78 is 18.9. The van der Waals surface area contributed by atoms with Crippen LogP contribution in [0.4, 0.5) is 15.0 Å². The van der Waals surface area contributed by atoms with Crippen LogP contribution in [-0.2, 0) is 4.74 Å². The molecule has 0 aliphatic carbocycles. The van der Waals surface area contributed by atoms with Crippen LogP contribution in [-0.4, -0.2) is 57.2 Å². The van der Waals surface area contributed by atoms with E-state index in [1.54, 1.807) is 17.0 Å². The second-order valence-corrected chi connectivity index (χ2v) is 7.68. The van der Waals surface area contributed by atoms with Gasteiger partial charge in [-0.2, -0.15) is 0 Å². The molecular weight excluding hydrogens is 423 g/mol. The molecule has 33 heavy (non-hydrogen) atoms. The van der Waals surface area contributed by atoms with E-state index in [1.165, 1.54) is 24.7 Å². The van der Waals surface area contributed by atoms with Crippen LogP contribution in [0.5, 0.6) is 0 Å². The van der Waals surface area contributed by atoms with Gasteiger partial charge in [0.2, 0.25) is 0 Å². The molecule has 0 bridgehead atoms. The zero-order valence-electron chi connectivity index (χ0n) is 18.0. The number of urea groups is 1. The number of amides is 2. The number of aryl methyl sites for hydroxylation is 1. The quantitative estimate of drug-likeness (QED) is 0.512. The number of fused-ring (bicyclic) bond motifs is 1. The summed E-state index contributed by atoms with van der Waals surface area (Å²) in [5.41, 5.74) is 4.32. The lowest BCUT2D eigenvalue weighted by molar-refractivity contribution is 0.0564. The normalized spacial score (nSPS) is 13.8. The molecule has 0 saturated carbocycles. The van der Waals surface area contributed by atoms with Crippen LogP contribution in [0.25, 0.3) is 33.4 Å². The highest BCUT2D eigenvalue weighted by Crippen LogP contribution is 2.32. The lowest BCUT2D eigenvalue weighted by atomic mass is 10.0. The number of ether oxygens (including phenoxy) is 1. The van der Waals surface area contributed by atoms with Crippen LogP contribution in [0.1, 0.15) is 5.69 Å².